The van der Waals surface area contributed by atoms with Gasteiger partial charge in [0.25, 0.3) is 11.6 Å². The van der Waals surface area contributed by atoms with Gasteiger partial charge in [0.2, 0.25) is 0 Å². The summed E-state index contributed by atoms with van der Waals surface area (Å²) in [5, 5.41) is 36.6. The Kier molecular flexibility index (Phi) is 5.59. The van der Waals surface area contributed by atoms with E-state index in [2.05, 4.69) is 10.5 Å². The topological polar surface area (TPSA) is 134 Å². The van der Waals surface area contributed by atoms with Gasteiger partial charge in [-0.2, -0.15) is 5.10 Å². The molecule has 1 amide bonds. The number of rotatable bonds is 6. The molecule has 0 heterocycles. The fourth-order valence-corrected chi connectivity index (χ4v) is 2.71. The molecule has 148 valence electrons. The Labute approximate surface area is 165 Å². The van der Waals surface area contributed by atoms with Crippen LogP contribution in [0.3, 0.4) is 0 Å². The minimum absolute atomic E-state index is 0.00863. The highest BCUT2D eigenvalue weighted by Gasteiger charge is 2.17. The molecule has 0 aliphatic carbocycles. The number of carbonyl (C=O) groups excluding carboxylic acids is 1. The number of amides is 1. The number of ether oxygens (including phenoxy) is 1. The van der Waals surface area contributed by atoms with Crippen molar-refractivity contribution in [3.05, 3.63) is 69.8 Å². The van der Waals surface area contributed by atoms with Gasteiger partial charge in [0.15, 0.2) is 11.5 Å². The van der Waals surface area contributed by atoms with Crippen LogP contribution in [0.15, 0.2) is 53.6 Å². The van der Waals surface area contributed by atoms with Crippen molar-refractivity contribution in [3.8, 4) is 17.2 Å². The lowest BCUT2D eigenvalue weighted by Gasteiger charge is -2.08. The number of hydrogen-bond donors (Lipinski definition) is 3. The summed E-state index contributed by atoms with van der Waals surface area (Å²) in [7, 11) is 0. The molecular formula is C20H17N3O6. The molecule has 0 aliphatic heterocycles. The smallest absolute Gasteiger partial charge is 0.275 e. The monoisotopic (exact) mass is 395 g/mol. The first-order valence-electron chi connectivity index (χ1n) is 8.60. The van der Waals surface area contributed by atoms with Gasteiger partial charge in [-0.15, -0.1) is 0 Å². The van der Waals surface area contributed by atoms with Gasteiger partial charge in [0, 0.05) is 11.6 Å². The van der Waals surface area contributed by atoms with E-state index in [0.29, 0.717) is 0 Å². The summed E-state index contributed by atoms with van der Waals surface area (Å²) in [6.45, 7) is 1.87. The minimum atomic E-state index is -0.681. The second-order valence-corrected chi connectivity index (χ2v) is 5.99. The molecular weight excluding hydrogens is 378 g/mol. The van der Waals surface area contributed by atoms with Crippen LogP contribution in [0.2, 0.25) is 0 Å². The predicted octanol–water partition coefficient (Wildman–Crippen LogP) is 3.32. The third kappa shape index (κ3) is 4.24. The van der Waals surface area contributed by atoms with Gasteiger partial charge >= 0.3 is 0 Å². The summed E-state index contributed by atoms with van der Waals surface area (Å²) in [5.41, 5.74) is 1.93. The molecule has 3 N–H and O–H groups in total. The molecule has 0 saturated heterocycles. The summed E-state index contributed by atoms with van der Waals surface area (Å²) in [6.07, 6.45) is 1.06. The summed E-state index contributed by atoms with van der Waals surface area (Å²) in [5.74, 6) is -1.31. The third-order valence-electron chi connectivity index (χ3n) is 4.08. The highest BCUT2D eigenvalue weighted by Crippen LogP contribution is 2.33. The molecule has 0 fully saturated rings. The summed E-state index contributed by atoms with van der Waals surface area (Å²) in [4.78, 5) is 22.8. The number of fused-ring (bicyclic) bond motifs is 1. The molecule has 0 aliphatic rings. The maximum absolute atomic E-state index is 12.3. The second-order valence-electron chi connectivity index (χ2n) is 5.99. The van der Waals surface area contributed by atoms with E-state index in [1.807, 2.05) is 6.07 Å². The van der Waals surface area contributed by atoms with E-state index in [1.54, 1.807) is 25.1 Å². The maximum atomic E-state index is 12.3. The molecule has 9 nitrogen and oxygen atoms in total. The highest BCUT2D eigenvalue weighted by molar-refractivity contribution is 6.01. The van der Waals surface area contributed by atoms with Crippen molar-refractivity contribution < 1.29 is 24.7 Å². The van der Waals surface area contributed by atoms with Crippen LogP contribution in [0.5, 0.6) is 17.2 Å². The van der Waals surface area contributed by atoms with E-state index < -0.39 is 10.8 Å². The van der Waals surface area contributed by atoms with Crippen LogP contribution in [-0.4, -0.2) is 33.9 Å². The zero-order valence-corrected chi connectivity index (χ0v) is 15.3. The Hall–Kier alpha value is -4.14. The number of nitro groups is 1. The van der Waals surface area contributed by atoms with Gasteiger partial charge < -0.3 is 14.9 Å². The number of nitro benzene ring substituents is 1. The van der Waals surface area contributed by atoms with E-state index in [-0.39, 0.29) is 40.7 Å². The average molecular weight is 395 g/mol. The number of phenolic OH excluding ortho intramolecular Hbond substituents is 2. The molecule has 0 radical (unpaired) electrons. The molecule has 3 aromatic carbocycles. The van der Waals surface area contributed by atoms with Crippen molar-refractivity contribution in [2.24, 2.45) is 5.10 Å². The number of non-ortho nitro benzene ring substituents is 1. The standard InChI is InChI=1S/C20H17N3O6/c1-2-29-18-10-15(23(27)28)7-14(19(18)25)11-21-22-20(26)16-8-12-5-3-4-6-13(12)9-17(16)24/h3-11,24-25H,2H2,1H3,(H,22,26)/b21-11+. The van der Waals surface area contributed by atoms with E-state index >= 15 is 0 Å². The van der Waals surface area contributed by atoms with E-state index in [9.17, 15) is 25.1 Å². The van der Waals surface area contributed by atoms with Crippen molar-refractivity contribution in [2.45, 2.75) is 6.92 Å². The number of nitrogens with zero attached hydrogens (tertiary/aromatic N) is 2. The Morgan fingerprint density at radius 1 is 1.21 bits per heavy atom. The maximum Gasteiger partial charge on any atom is 0.275 e. The molecule has 0 bridgehead atoms. The predicted molar refractivity (Wildman–Crippen MR) is 107 cm³/mol. The van der Waals surface area contributed by atoms with Gasteiger partial charge in [-0.3, -0.25) is 14.9 Å². The fraction of sp³-hybridized carbons (Fsp3) is 0.100. The van der Waals surface area contributed by atoms with Crippen LogP contribution < -0.4 is 10.2 Å². The van der Waals surface area contributed by atoms with Crippen LogP contribution >= 0.6 is 0 Å². The highest BCUT2D eigenvalue weighted by atomic mass is 16.6. The molecule has 3 aromatic rings. The van der Waals surface area contributed by atoms with Crippen LogP contribution in [0.4, 0.5) is 5.69 Å². The van der Waals surface area contributed by atoms with Crippen molar-refractivity contribution in [3.63, 3.8) is 0 Å². The van der Waals surface area contributed by atoms with Crippen molar-refractivity contribution in [2.75, 3.05) is 6.61 Å². The number of hydrazone groups is 1. The zero-order valence-electron chi connectivity index (χ0n) is 15.3. The van der Waals surface area contributed by atoms with Crippen molar-refractivity contribution >= 4 is 28.6 Å². The van der Waals surface area contributed by atoms with E-state index in [4.69, 9.17) is 4.74 Å². The number of nitrogens with one attached hydrogen (secondary N) is 1. The largest absolute Gasteiger partial charge is 0.507 e. The molecule has 3 rings (SSSR count). The van der Waals surface area contributed by atoms with E-state index in [0.717, 1.165) is 29.1 Å². The summed E-state index contributed by atoms with van der Waals surface area (Å²) < 4.78 is 5.18. The van der Waals surface area contributed by atoms with Crippen LogP contribution in [0, 0.1) is 10.1 Å². The van der Waals surface area contributed by atoms with Gasteiger partial charge in [-0.1, -0.05) is 24.3 Å². The van der Waals surface area contributed by atoms with Gasteiger partial charge in [-0.05, 0) is 29.8 Å². The average Bonchev–Trinajstić information content (AvgIpc) is 2.69. The second kappa shape index (κ2) is 8.26. The number of carbonyl (C=O) groups is 1. The molecule has 9 heteroatoms. The Bertz CT molecular complexity index is 1130. The van der Waals surface area contributed by atoms with Crippen LogP contribution in [-0.2, 0) is 0 Å². The Morgan fingerprint density at radius 2 is 1.90 bits per heavy atom. The molecule has 0 unspecified atom stereocenters. The molecule has 0 atom stereocenters. The summed E-state index contributed by atoms with van der Waals surface area (Å²) in [6, 6.07) is 12.4. The summed E-state index contributed by atoms with van der Waals surface area (Å²) >= 11 is 0. The van der Waals surface area contributed by atoms with Gasteiger partial charge in [0.1, 0.15) is 5.75 Å². The molecule has 0 saturated carbocycles. The number of hydrogen-bond acceptors (Lipinski definition) is 7. The number of benzene rings is 3. The number of phenols is 2. The van der Waals surface area contributed by atoms with Crippen molar-refractivity contribution in [1.29, 1.82) is 0 Å². The first-order chi connectivity index (χ1) is 13.9. The SMILES string of the molecule is CCOc1cc([N+](=O)[O-])cc(/C=N/NC(=O)c2cc3ccccc3cc2O)c1O. The zero-order chi connectivity index (χ0) is 21.0. The van der Waals surface area contributed by atoms with E-state index in [1.165, 1.54) is 12.1 Å². The lowest BCUT2D eigenvalue weighted by atomic mass is 10.1. The lowest BCUT2D eigenvalue weighted by molar-refractivity contribution is -0.385. The third-order valence-corrected chi connectivity index (χ3v) is 4.08. The normalized spacial score (nSPS) is 10.9. The first-order valence-corrected chi connectivity index (χ1v) is 8.60. The lowest BCUT2D eigenvalue weighted by Crippen LogP contribution is -2.17. The minimum Gasteiger partial charge on any atom is -0.507 e. The van der Waals surface area contributed by atoms with Crippen molar-refractivity contribution in [1.82, 2.24) is 5.43 Å². The van der Waals surface area contributed by atoms with Gasteiger partial charge in [0.05, 0.1) is 29.4 Å². The number of aromatic hydroxyl groups is 2. The molecule has 0 spiro atoms. The Balaban J connectivity index is 1.85. The molecule has 0 aromatic heterocycles. The van der Waals surface area contributed by atoms with Gasteiger partial charge in [-0.25, -0.2) is 5.43 Å². The quantitative estimate of drug-likeness (QED) is 0.333. The van der Waals surface area contributed by atoms with Crippen LogP contribution in [0.25, 0.3) is 10.8 Å². The van der Waals surface area contributed by atoms with Crippen LogP contribution in [0.1, 0.15) is 22.8 Å². The Morgan fingerprint density at radius 3 is 2.55 bits per heavy atom. The molecule has 29 heavy (non-hydrogen) atoms. The first kappa shape index (κ1) is 19.6. The fourth-order valence-electron chi connectivity index (χ4n) is 2.71.